The summed E-state index contributed by atoms with van der Waals surface area (Å²) in [5.41, 5.74) is 2.15. The number of carbonyl (C=O) groups excluding carboxylic acids is 1. The molecule has 0 bridgehead atoms. The lowest BCUT2D eigenvalue weighted by Crippen LogP contribution is -2.42. The minimum atomic E-state index is -0.00507. The highest BCUT2D eigenvalue weighted by Crippen LogP contribution is 2.16. The van der Waals surface area contributed by atoms with Crippen LogP contribution in [0.2, 0.25) is 0 Å². The first-order valence-electron chi connectivity index (χ1n) is 8.86. The summed E-state index contributed by atoms with van der Waals surface area (Å²) in [6, 6.07) is 10.2. The molecular formula is C19H29IN6O. The molecule has 0 aliphatic heterocycles. The number of hydrogen-bond acceptors (Lipinski definition) is 3. The lowest BCUT2D eigenvalue weighted by atomic mass is 10.1. The summed E-state index contributed by atoms with van der Waals surface area (Å²) < 4.78 is 1.83. The van der Waals surface area contributed by atoms with E-state index in [0.717, 1.165) is 11.3 Å². The first-order valence-corrected chi connectivity index (χ1v) is 8.86. The quantitative estimate of drug-likeness (QED) is 0.244. The molecule has 8 heteroatoms. The molecule has 1 heterocycles. The van der Waals surface area contributed by atoms with Crippen LogP contribution in [-0.2, 0) is 4.79 Å². The van der Waals surface area contributed by atoms with E-state index in [4.69, 9.17) is 0 Å². The molecule has 1 atom stereocenters. The van der Waals surface area contributed by atoms with E-state index in [1.165, 1.54) is 0 Å². The zero-order valence-electron chi connectivity index (χ0n) is 16.3. The van der Waals surface area contributed by atoms with Crippen LogP contribution in [0.3, 0.4) is 0 Å². The van der Waals surface area contributed by atoms with Gasteiger partial charge < -0.3 is 16.0 Å². The van der Waals surface area contributed by atoms with Crippen LogP contribution >= 0.6 is 24.0 Å². The Morgan fingerprint density at radius 2 is 1.93 bits per heavy atom. The smallest absolute Gasteiger partial charge is 0.222 e. The van der Waals surface area contributed by atoms with Crippen LogP contribution in [0.1, 0.15) is 32.4 Å². The third-order valence-electron chi connectivity index (χ3n) is 3.96. The van der Waals surface area contributed by atoms with E-state index < -0.39 is 0 Å². The largest absolute Gasteiger partial charge is 0.355 e. The van der Waals surface area contributed by atoms with E-state index in [-0.39, 0.29) is 41.8 Å². The number of guanidine groups is 1. The molecule has 0 aliphatic rings. The second kappa shape index (κ2) is 11.6. The van der Waals surface area contributed by atoms with Crippen molar-refractivity contribution in [2.75, 3.05) is 20.1 Å². The van der Waals surface area contributed by atoms with Gasteiger partial charge >= 0.3 is 0 Å². The van der Waals surface area contributed by atoms with Crippen molar-refractivity contribution in [2.45, 2.75) is 26.8 Å². The lowest BCUT2D eigenvalue weighted by molar-refractivity contribution is -0.123. The SMILES string of the molecule is CN=C(NCCNC(=O)C(C)C)NC(C)c1cccc(-n2cccn2)c1.I. The Hall–Kier alpha value is -2.10. The van der Waals surface area contributed by atoms with Crippen LogP contribution in [0.5, 0.6) is 0 Å². The van der Waals surface area contributed by atoms with Gasteiger partial charge in [0.15, 0.2) is 5.96 Å². The number of benzene rings is 1. The first kappa shape index (κ1) is 22.9. The number of nitrogens with one attached hydrogen (secondary N) is 3. The normalized spacial score (nSPS) is 12.3. The van der Waals surface area contributed by atoms with Crippen LogP contribution in [0.25, 0.3) is 5.69 Å². The third-order valence-corrected chi connectivity index (χ3v) is 3.96. The highest BCUT2D eigenvalue weighted by atomic mass is 127. The summed E-state index contributed by atoms with van der Waals surface area (Å²) >= 11 is 0. The molecule has 0 aliphatic carbocycles. The maximum absolute atomic E-state index is 11.6. The van der Waals surface area contributed by atoms with Crippen molar-refractivity contribution in [1.29, 1.82) is 0 Å². The molecule has 3 N–H and O–H groups in total. The van der Waals surface area contributed by atoms with E-state index in [0.29, 0.717) is 19.0 Å². The standard InChI is InChI=1S/C19H28N6O.HI/c1-14(2)18(26)21-10-11-22-19(20-4)24-15(3)16-7-5-8-17(13-16)25-12-6-9-23-25;/h5-9,12-15H,10-11H2,1-4H3,(H,21,26)(H2,20,22,24);1H. The summed E-state index contributed by atoms with van der Waals surface area (Å²) in [4.78, 5) is 15.8. The summed E-state index contributed by atoms with van der Waals surface area (Å²) in [6.45, 7) is 7.00. The van der Waals surface area contributed by atoms with Gasteiger partial charge in [-0.25, -0.2) is 4.68 Å². The van der Waals surface area contributed by atoms with Crippen molar-refractivity contribution >= 4 is 35.8 Å². The Kier molecular flexibility index (Phi) is 9.84. The zero-order valence-corrected chi connectivity index (χ0v) is 18.6. The minimum Gasteiger partial charge on any atom is -0.355 e. The molecule has 1 aromatic heterocycles. The van der Waals surface area contributed by atoms with Crippen LogP contribution in [0.4, 0.5) is 0 Å². The van der Waals surface area contributed by atoms with Gasteiger partial charge in [0.25, 0.3) is 0 Å². The number of halogens is 1. The Morgan fingerprint density at radius 1 is 1.19 bits per heavy atom. The van der Waals surface area contributed by atoms with Crippen LogP contribution in [0, 0.1) is 5.92 Å². The van der Waals surface area contributed by atoms with E-state index >= 15 is 0 Å². The molecule has 1 unspecified atom stereocenters. The van der Waals surface area contributed by atoms with Crippen molar-refractivity contribution in [2.24, 2.45) is 10.9 Å². The lowest BCUT2D eigenvalue weighted by Gasteiger charge is -2.19. The number of hydrogen-bond donors (Lipinski definition) is 3. The second-order valence-electron chi connectivity index (χ2n) is 6.36. The third kappa shape index (κ3) is 7.20. The molecule has 0 radical (unpaired) electrons. The molecule has 2 aromatic rings. The summed E-state index contributed by atoms with van der Waals surface area (Å²) in [6.07, 6.45) is 3.68. The predicted molar refractivity (Wildman–Crippen MR) is 120 cm³/mol. The number of aliphatic imine (C=N–C) groups is 1. The van der Waals surface area contributed by atoms with Crippen molar-refractivity contribution in [3.8, 4) is 5.69 Å². The van der Waals surface area contributed by atoms with Gasteiger partial charge in [0.1, 0.15) is 0 Å². The van der Waals surface area contributed by atoms with E-state index in [1.54, 1.807) is 13.2 Å². The Bertz CT molecular complexity index is 730. The first-order chi connectivity index (χ1) is 12.5. The second-order valence-corrected chi connectivity index (χ2v) is 6.36. The van der Waals surface area contributed by atoms with Gasteiger partial charge in [0.2, 0.25) is 5.91 Å². The molecule has 0 fully saturated rings. The molecule has 1 amide bonds. The summed E-state index contributed by atoms with van der Waals surface area (Å²) in [7, 11) is 1.73. The average molecular weight is 484 g/mol. The van der Waals surface area contributed by atoms with Crippen LogP contribution in [-0.4, -0.2) is 41.8 Å². The number of nitrogens with zero attached hydrogens (tertiary/aromatic N) is 3. The number of carbonyl (C=O) groups is 1. The molecular weight excluding hydrogens is 455 g/mol. The van der Waals surface area contributed by atoms with Gasteiger partial charge in [-0.05, 0) is 30.7 Å². The number of aromatic nitrogens is 2. The fraction of sp³-hybridized carbons (Fsp3) is 0.421. The molecule has 2 rings (SSSR count). The average Bonchev–Trinajstić information content (AvgIpc) is 3.18. The van der Waals surface area contributed by atoms with Crippen molar-refractivity contribution < 1.29 is 4.79 Å². The molecule has 27 heavy (non-hydrogen) atoms. The topological polar surface area (TPSA) is 83.3 Å². The van der Waals surface area contributed by atoms with Gasteiger partial charge in [-0.2, -0.15) is 5.10 Å². The number of amides is 1. The molecule has 0 saturated heterocycles. The molecule has 7 nitrogen and oxygen atoms in total. The van der Waals surface area contributed by atoms with Crippen LogP contribution < -0.4 is 16.0 Å². The van der Waals surface area contributed by atoms with E-state index in [1.807, 2.05) is 42.9 Å². The van der Waals surface area contributed by atoms with Crippen LogP contribution in [0.15, 0.2) is 47.7 Å². The number of rotatable bonds is 7. The fourth-order valence-electron chi connectivity index (χ4n) is 2.41. The van der Waals surface area contributed by atoms with Gasteiger partial charge in [-0.3, -0.25) is 9.79 Å². The van der Waals surface area contributed by atoms with Crippen molar-refractivity contribution in [1.82, 2.24) is 25.7 Å². The molecule has 148 valence electrons. The Morgan fingerprint density at radius 3 is 2.56 bits per heavy atom. The fourth-order valence-corrected chi connectivity index (χ4v) is 2.41. The predicted octanol–water partition coefficient (Wildman–Crippen LogP) is 2.49. The zero-order chi connectivity index (χ0) is 18.9. The van der Waals surface area contributed by atoms with E-state index in [9.17, 15) is 4.79 Å². The van der Waals surface area contributed by atoms with E-state index in [2.05, 4.69) is 45.1 Å². The van der Waals surface area contributed by atoms with Gasteiger partial charge in [-0.15, -0.1) is 24.0 Å². The van der Waals surface area contributed by atoms with Crippen molar-refractivity contribution in [3.63, 3.8) is 0 Å². The maximum Gasteiger partial charge on any atom is 0.222 e. The molecule has 0 spiro atoms. The Balaban J connectivity index is 0.00000364. The van der Waals surface area contributed by atoms with Gasteiger partial charge in [-0.1, -0.05) is 26.0 Å². The van der Waals surface area contributed by atoms with Gasteiger partial charge in [0.05, 0.1) is 11.7 Å². The summed E-state index contributed by atoms with van der Waals surface area (Å²) in [5.74, 6) is 0.744. The highest BCUT2D eigenvalue weighted by Gasteiger charge is 2.09. The molecule has 1 aromatic carbocycles. The highest BCUT2D eigenvalue weighted by molar-refractivity contribution is 14.0. The molecule has 0 saturated carbocycles. The maximum atomic E-state index is 11.6. The Labute approximate surface area is 178 Å². The summed E-state index contributed by atoms with van der Waals surface area (Å²) in [5, 5.41) is 13.7. The minimum absolute atomic E-state index is 0. The van der Waals surface area contributed by atoms with Crippen molar-refractivity contribution in [3.05, 3.63) is 48.3 Å². The monoisotopic (exact) mass is 484 g/mol. The van der Waals surface area contributed by atoms with Gasteiger partial charge in [0, 0.05) is 38.4 Å².